The highest BCUT2D eigenvalue weighted by atomic mass is 35.5. The van der Waals surface area contributed by atoms with Crippen molar-refractivity contribution in [1.29, 1.82) is 0 Å². The largest absolute Gasteiger partial charge is 0.337 e. The summed E-state index contributed by atoms with van der Waals surface area (Å²) < 4.78 is 0. The van der Waals surface area contributed by atoms with Crippen LogP contribution in [0.3, 0.4) is 0 Å². The molecular formula is C13H21ClN2O. The number of rotatable bonds is 3. The van der Waals surface area contributed by atoms with Crippen molar-refractivity contribution in [1.82, 2.24) is 10.6 Å². The highest BCUT2D eigenvalue weighted by molar-refractivity contribution is 6.18. The lowest BCUT2D eigenvalue weighted by Crippen LogP contribution is -2.61. The third-order valence-corrected chi connectivity index (χ3v) is 4.99. The summed E-state index contributed by atoms with van der Waals surface area (Å²) in [7, 11) is 0. The van der Waals surface area contributed by atoms with Gasteiger partial charge in [-0.3, -0.25) is 0 Å². The molecule has 4 aliphatic carbocycles. The lowest BCUT2D eigenvalue weighted by atomic mass is 9.53. The van der Waals surface area contributed by atoms with Crippen molar-refractivity contribution in [2.75, 3.05) is 12.4 Å². The Morgan fingerprint density at radius 1 is 1.12 bits per heavy atom. The fraction of sp³-hybridized carbons (Fsp3) is 0.923. The van der Waals surface area contributed by atoms with E-state index in [1.54, 1.807) is 0 Å². The molecule has 4 fully saturated rings. The average molecular weight is 257 g/mol. The molecule has 4 aliphatic rings. The average Bonchev–Trinajstić information content (AvgIpc) is 2.23. The van der Waals surface area contributed by atoms with Crippen molar-refractivity contribution in [2.24, 2.45) is 17.8 Å². The number of carbonyl (C=O) groups is 1. The second-order valence-electron chi connectivity index (χ2n) is 6.27. The van der Waals surface area contributed by atoms with Gasteiger partial charge in [-0.1, -0.05) is 0 Å². The molecule has 2 N–H and O–H groups in total. The van der Waals surface area contributed by atoms with Crippen molar-refractivity contribution < 1.29 is 4.79 Å². The van der Waals surface area contributed by atoms with E-state index in [-0.39, 0.29) is 11.6 Å². The first-order valence-electron chi connectivity index (χ1n) is 6.81. The molecule has 2 amide bonds. The molecule has 0 saturated heterocycles. The minimum Gasteiger partial charge on any atom is -0.337 e. The summed E-state index contributed by atoms with van der Waals surface area (Å²) in [5.74, 6) is 3.09. The maximum absolute atomic E-state index is 11.8. The summed E-state index contributed by atoms with van der Waals surface area (Å²) in [5, 5.41) is 6.08. The van der Waals surface area contributed by atoms with Crippen LogP contribution in [0.2, 0.25) is 0 Å². The topological polar surface area (TPSA) is 41.1 Å². The lowest BCUT2D eigenvalue weighted by Gasteiger charge is -2.56. The van der Waals surface area contributed by atoms with Gasteiger partial charge in [-0.05, 0) is 56.3 Å². The van der Waals surface area contributed by atoms with E-state index in [0.717, 1.165) is 17.8 Å². The molecule has 0 spiro atoms. The summed E-state index contributed by atoms with van der Waals surface area (Å²) >= 11 is 5.58. The SMILES string of the molecule is O=C(NCCCl)NC12CC3CC(CC(C3)C1)C2. The Morgan fingerprint density at radius 2 is 1.65 bits per heavy atom. The van der Waals surface area contributed by atoms with Crippen molar-refractivity contribution in [3.63, 3.8) is 0 Å². The predicted octanol–water partition coefficient (Wildman–Crippen LogP) is 2.49. The molecule has 0 aromatic heterocycles. The van der Waals surface area contributed by atoms with E-state index in [1.165, 1.54) is 38.5 Å². The summed E-state index contributed by atoms with van der Waals surface area (Å²) in [4.78, 5) is 11.8. The molecule has 4 rings (SSSR count). The number of nitrogens with one attached hydrogen (secondary N) is 2. The number of hydrogen-bond acceptors (Lipinski definition) is 1. The van der Waals surface area contributed by atoms with Crippen LogP contribution >= 0.6 is 11.6 Å². The highest BCUT2D eigenvalue weighted by Crippen LogP contribution is 2.55. The molecule has 0 aromatic rings. The Bertz CT molecular complexity index is 283. The van der Waals surface area contributed by atoms with Crippen molar-refractivity contribution in [2.45, 2.75) is 44.1 Å². The van der Waals surface area contributed by atoms with Gasteiger partial charge in [0.1, 0.15) is 0 Å². The van der Waals surface area contributed by atoms with Crippen LogP contribution in [0.1, 0.15) is 38.5 Å². The van der Waals surface area contributed by atoms with Crippen LogP contribution in [0.5, 0.6) is 0 Å². The zero-order chi connectivity index (χ0) is 11.9. The molecule has 4 bridgehead atoms. The van der Waals surface area contributed by atoms with E-state index in [4.69, 9.17) is 11.6 Å². The van der Waals surface area contributed by atoms with Crippen LogP contribution in [-0.4, -0.2) is 24.0 Å². The van der Waals surface area contributed by atoms with Gasteiger partial charge >= 0.3 is 6.03 Å². The first-order chi connectivity index (χ1) is 8.19. The van der Waals surface area contributed by atoms with E-state index in [0.29, 0.717) is 12.4 Å². The van der Waals surface area contributed by atoms with E-state index in [2.05, 4.69) is 10.6 Å². The maximum atomic E-state index is 11.8. The second-order valence-corrected chi connectivity index (χ2v) is 6.65. The monoisotopic (exact) mass is 256 g/mol. The number of urea groups is 1. The van der Waals surface area contributed by atoms with Crippen molar-refractivity contribution in [3.8, 4) is 0 Å². The summed E-state index contributed by atoms with van der Waals surface area (Å²) in [6, 6.07) is -0.0207. The van der Waals surface area contributed by atoms with Gasteiger partial charge in [0.15, 0.2) is 0 Å². The van der Waals surface area contributed by atoms with Crippen molar-refractivity contribution >= 4 is 17.6 Å². The van der Waals surface area contributed by atoms with Gasteiger partial charge in [-0.25, -0.2) is 4.79 Å². The molecule has 4 heteroatoms. The normalized spacial score (nSPS) is 42.5. The number of carbonyl (C=O) groups excluding carboxylic acids is 1. The molecule has 0 radical (unpaired) electrons. The number of halogens is 1. The molecular weight excluding hydrogens is 236 g/mol. The van der Waals surface area contributed by atoms with Crippen LogP contribution in [0, 0.1) is 17.8 Å². The predicted molar refractivity (Wildman–Crippen MR) is 68.2 cm³/mol. The Kier molecular flexibility index (Phi) is 2.97. The van der Waals surface area contributed by atoms with Crippen LogP contribution in [-0.2, 0) is 0 Å². The van der Waals surface area contributed by atoms with E-state index >= 15 is 0 Å². The molecule has 0 heterocycles. The minimum atomic E-state index is -0.0207. The summed E-state index contributed by atoms with van der Waals surface area (Å²) in [6.07, 6.45) is 7.83. The van der Waals surface area contributed by atoms with Gasteiger partial charge in [0, 0.05) is 18.0 Å². The number of hydrogen-bond donors (Lipinski definition) is 2. The maximum Gasteiger partial charge on any atom is 0.315 e. The zero-order valence-electron chi connectivity index (χ0n) is 10.2. The van der Waals surface area contributed by atoms with E-state index in [1.807, 2.05) is 0 Å². The second kappa shape index (κ2) is 4.34. The van der Waals surface area contributed by atoms with E-state index in [9.17, 15) is 4.79 Å². The van der Waals surface area contributed by atoms with Crippen LogP contribution < -0.4 is 10.6 Å². The quantitative estimate of drug-likeness (QED) is 0.749. The van der Waals surface area contributed by atoms with E-state index < -0.39 is 0 Å². The standard InChI is InChI=1S/C13H21ClN2O/c14-1-2-15-12(17)16-13-6-9-3-10(7-13)5-11(4-9)8-13/h9-11H,1-8H2,(H2,15,16,17). The van der Waals surface area contributed by atoms with Crippen LogP contribution in [0.25, 0.3) is 0 Å². The summed E-state index contributed by atoms with van der Waals surface area (Å²) in [5.41, 5.74) is 0.116. The van der Waals surface area contributed by atoms with Gasteiger partial charge in [-0.2, -0.15) is 0 Å². The summed E-state index contributed by atoms with van der Waals surface area (Å²) in [6.45, 7) is 0.555. The van der Waals surface area contributed by atoms with Gasteiger partial charge in [0.05, 0.1) is 0 Å². The lowest BCUT2D eigenvalue weighted by molar-refractivity contribution is -0.0134. The van der Waals surface area contributed by atoms with Gasteiger partial charge in [-0.15, -0.1) is 11.6 Å². The van der Waals surface area contributed by atoms with Crippen LogP contribution in [0.4, 0.5) is 4.79 Å². The van der Waals surface area contributed by atoms with Crippen molar-refractivity contribution in [3.05, 3.63) is 0 Å². The van der Waals surface area contributed by atoms with Crippen LogP contribution in [0.15, 0.2) is 0 Å². The molecule has 0 aromatic carbocycles. The third kappa shape index (κ3) is 2.26. The molecule has 3 nitrogen and oxygen atoms in total. The number of amides is 2. The first-order valence-corrected chi connectivity index (χ1v) is 7.34. The van der Waals surface area contributed by atoms with Gasteiger partial charge < -0.3 is 10.6 Å². The molecule has 0 atom stereocenters. The smallest absolute Gasteiger partial charge is 0.315 e. The Labute approximate surface area is 108 Å². The number of alkyl halides is 1. The Hall–Kier alpha value is -0.440. The molecule has 0 unspecified atom stereocenters. The minimum absolute atomic E-state index is 0.0207. The zero-order valence-corrected chi connectivity index (χ0v) is 10.9. The fourth-order valence-corrected chi connectivity index (χ4v) is 4.80. The molecule has 4 saturated carbocycles. The Balaban J connectivity index is 1.64. The molecule has 0 aliphatic heterocycles. The molecule has 17 heavy (non-hydrogen) atoms. The Morgan fingerprint density at radius 3 is 2.12 bits per heavy atom. The fourth-order valence-electron chi connectivity index (χ4n) is 4.71. The molecule has 96 valence electrons. The van der Waals surface area contributed by atoms with Gasteiger partial charge in [0.25, 0.3) is 0 Å². The third-order valence-electron chi connectivity index (χ3n) is 4.80. The first kappa shape index (κ1) is 11.6. The highest BCUT2D eigenvalue weighted by Gasteiger charge is 2.51. The van der Waals surface area contributed by atoms with Gasteiger partial charge in [0.2, 0.25) is 0 Å².